The molecule has 0 fully saturated rings. The summed E-state index contributed by atoms with van der Waals surface area (Å²) < 4.78 is 5.03. The number of carbonyl (C=O) groups is 1. The Hall–Kier alpha value is -0.770. The van der Waals surface area contributed by atoms with Crippen LogP contribution < -0.4 is 10.6 Å². The van der Waals surface area contributed by atoms with E-state index in [1.54, 1.807) is 14.2 Å². The molecule has 0 bridgehead atoms. The number of rotatable bonds is 3. The standard InChI is InChI=1S/C9H20N2O2/c1-9(2,3)7(6-13-5)11-8(12)10-4/h7H,6H2,1-5H3,(H2,10,11,12)/t7-/m1/s1. The molecular weight excluding hydrogens is 168 g/mol. The molecule has 0 saturated heterocycles. The van der Waals surface area contributed by atoms with Crippen LogP contribution in [0, 0.1) is 5.41 Å². The predicted octanol–water partition coefficient (Wildman–Crippen LogP) is 0.976. The first-order valence-corrected chi connectivity index (χ1v) is 4.39. The molecule has 4 nitrogen and oxygen atoms in total. The van der Waals surface area contributed by atoms with Gasteiger partial charge in [-0.15, -0.1) is 0 Å². The van der Waals surface area contributed by atoms with Gasteiger partial charge in [0, 0.05) is 14.2 Å². The first kappa shape index (κ1) is 12.2. The summed E-state index contributed by atoms with van der Waals surface area (Å²) in [6.45, 7) is 6.71. The molecule has 2 amide bonds. The van der Waals surface area contributed by atoms with Gasteiger partial charge in [-0.3, -0.25) is 0 Å². The molecule has 0 radical (unpaired) electrons. The van der Waals surface area contributed by atoms with Gasteiger partial charge >= 0.3 is 6.03 Å². The Balaban J connectivity index is 4.18. The van der Waals surface area contributed by atoms with E-state index in [1.165, 1.54) is 0 Å². The smallest absolute Gasteiger partial charge is 0.314 e. The summed E-state index contributed by atoms with van der Waals surface area (Å²) in [5.74, 6) is 0. The fraction of sp³-hybridized carbons (Fsp3) is 0.889. The van der Waals surface area contributed by atoms with E-state index in [9.17, 15) is 4.79 Å². The summed E-state index contributed by atoms with van der Waals surface area (Å²) >= 11 is 0. The van der Waals surface area contributed by atoms with Crippen molar-refractivity contribution in [3.8, 4) is 0 Å². The lowest BCUT2D eigenvalue weighted by atomic mass is 9.87. The van der Waals surface area contributed by atoms with E-state index in [-0.39, 0.29) is 17.5 Å². The molecule has 0 aromatic carbocycles. The molecule has 0 unspecified atom stereocenters. The van der Waals surface area contributed by atoms with Crippen molar-refractivity contribution < 1.29 is 9.53 Å². The van der Waals surface area contributed by atoms with Gasteiger partial charge in [0.15, 0.2) is 0 Å². The Morgan fingerprint density at radius 3 is 2.31 bits per heavy atom. The number of ether oxygens (including phenoxy) is 1. The highest BCUT2D eigenvalue weighted by atomic mass is 16.5. The highest BCUT2D eigenvalue weighted by molar-refractivity contribution is 5.73. The Kier molecular flexibility index (Phi) is 4.77. The van der Waals surface area contributed by atoms with Gasteiger partial charge in [0.2, 0.25) is 0 Å². The van der Waals surface area contributed by atoms with Gasteiger partial charge in [0.05, 0.1) is 12.6 Å². The van der Waals surface area contributed by atoms with Crippen LogP contribution in [0.4, 0.5) is 4.79 Å². The van der Waals surface area contributed by atoms with Crippen LogP contribution in [-0.2, 0) is 4.74 Å². The second-order valence-corrected chi connectivity index (χ2v) is 4.10. The number of urea groups is 1. The fourth-order valence-electron chi connectivity index (χ4n) is 0.905. The minimum atomic E-state index is -0.169. The molecule has 0 saturated carbocycles. The summed E-state index contributed by atoms with van der Waals surface area (Å²) in [6.07, 6.45) is 0. The Morgan fingerprint density at radius 2 is 2.00 bits per heavy atom. The highest BCUT2D eigenvalue weighted by Crippen LogP contribution is 2.19. The topological polar surface area (TPSA) is 50.4 Å². The average Bonchev–Trinajstić information content (AvgIpc) is 2.01. The second kappa shape index (κ2) is 5.07. The zero-order chi connectivity index (χ0) is 10.5. The van der Waals surface area contributed by atoms with E-state index in [0.717, 1.165) is 0 Å². The summed E-state index contributed by atoms with van der Waals surface area (Å²) in [7, 11) is 3.23. The Labute approximate surface area is 80.0 Å². The van der Waals surface area contributed by atoms with Crippen LogP contribution in [-0.4, -0.2) is 32.8 Å². The minimum Gasteiger partial charge on any atom is -0.383 e. The molecule has 2 N–H and O–H groups in total. The van der Waals surface area contributed by atoms with Crippen LogP contribution in [0.25, 0.3) is 0 Å². The Morgan fingerprint density at radius 1 is 1.46 bits per heavy atom. The third kappa shape index (κ3) is 4.72. The van der Waals surface area contributed by atoms with E-state index in [0.29, 0.717) is 6.61 Å². The Bertz CT molecular complexity index is 163. The molecule has 0 aliphatic heterocycles. The van der Waals surface area contributed by atoms with Crippen LogP contribution in [0.2, 0.25) is 0 Å². The van der Waals surface area contributed by atoms with Crippen LogP contribution in [0.3, 0.4) is 0 Å². The third-order valence-corrected chi connectivity index (χ3v) is 1.91. The number of amides is 2. The van der Waals surface area contributed by atoms with E-state index in [2.05, 4.69) is 31.4 Å². The summed E-state index contributed by atoms with van der Waals surface area (Å²) in [4.78, 5) is 11.1. The van der Waals surface area contributed by atoms with Gasteiger partial charge in [-0.2, -0.15) is 0 Å². The van der Waals surface area contributed by atoms with Crippen molar-refractivity contribution in [3.63, 3.8) is 0 Å². The van der Waals surface area contributed by atoms with Crippen LogP contribution >= 0.6 is 0 Å². The highest BCUT2D eigenvalue weighted by Gasteiger charge is 2.25. The first-order valence-electron chi connectivity index (χ1n) is 4.39. The molecule has 0 aromatic heterocycles. The van der Waals surface area contributed by atoms with Crippen molar-refractivity contribution in [1.82, 2.24) is 10.6 Å². The molecule has 1 atom stereocenters. The van der Waals surface area contributed by atoms with Crippen molar-refractivity contribution in [2.45, 2.75) is 26.8 Å². The van der Waals surface area contributed by atoms with Gasteiger partial charge in [-0.05, 0) is 5.41 Å². The van der Waals surface area contributed by atoms with Gasteiger partial charge in [0.1, 0.15) is 0 Å². The van der Waals surface area contributed by atoms with E-state index < -0.39 is 0 Å². The number of hydrogen-bond acceptors (Lipinski definition) is 2. The fourth-order valence-corrected chi connectivity index (χ4v) is 0.905. The maximum Gasteiger partial charge on any atom is 0.314 e. The number of methoxy groups -OCH3 is 1. The summed E-state index contributed by atoms with van der Waals surface area (Å²) in [5, 5.41) is 5.35. The zero-order valence-electron chi connectivity index (χ0n) is 9.10. The molecule has 0 heterocycles. The monoisotopic (exact) mass is 188 g/mol. The van der Waals surface area contributed by atoms with Gasteiger partial charge in [0.25, 0.3) is 0 Å². The molecule has 4 heteroatoms. The van der Waals surface area contributed by atoms with E-state index in [4.69, 9.17) is 4.74 Å². The zero-order valence-corrected chi connectivity index (χ0v) is 9.10. The van der Waals surface area contributed by atoms with Gasteiger partial charge in [-0.1, -0.05) is 20.8 Å². The summed E-state index contributed by atoms with van der Waals surface area (Å²) in [5.41, 5.74) is 0.00250. The molecule has 0 aromatic rings. The normalized spacial score (nSPS) is 13.6. The molecule has 0 aliphatic rings. The quantitative estimate of drug-likeness (QED) is 0.693. The van der Waals surface area contributed by atoms with Crippen molar-refractivity contribution in [3.05, 3.63) is 0 Å². The van der Waals surface area contributed by atoms with Gasteiger partial charge in [-0.25, -0.2) is 4.79 Å². The molecule has 0 aliphatic carbocycles. The maximum absolute atomic E-state index is 11.1. The van der Waals surface area contributed by atoms with Crippen LogP contribution in [0.5, 0.6) is 0 Å². The minimum absolute atomic E-state index is 0.00250. The lowest BCUT2D eigenvalue weighted by Crippen LogP contribution is -2.49. The average molecular weight is 188 g/mol. The largest absolute Gasteiger partial charge is 0.383 e. The maximum atomic E-state index is 11.1. The van der Waals surface area contributed by atoms with Crippen molar-refractivity contribution in [2.24, 2.45) is 5.41 Å². The number of carbonyl (C=O) groups excluding carboxylic acids is 1. The van der Waals surface area contributed by atoms with E-state index in [1.807, 2.05) is 0 Å². The van der Waals surface area contributed by atoms with Crippen LogP contribution in [0.15, 0.2) is 0 Å². The molecule has 0 rings (SSSR count). The molecule has 0 spiro atoms. The SMILES string of the molecule is CNC(=O)N[C@H](COC)C(C)(C)C. The number of hydrogen-bond donors (Lipinski definition) is 2. The van der Waals surface area contributed by atoms with E-state index >= 15 is 0 Å². The van der Waals surface area contributed by atoms with Crippen LogP contribution in [0.1, 0.15) is 20.8 Å². The molecule has 13 heavy (non-hydrogen) atoms. The van der Waals surface area contributed by atoms with Gasteiger partial charge < -0.3 is 15.4 Å². The van der Waals surface area contributed by atoms with Crippen molar-refractivity contribution in [1.29, 1.82) is 0 Å². The number of nitrogens with one attached hydrogen (secondary N) is 2. The summed E-state index contributed by atoms with van der Waals surface area (Å²) in [6, 6.07) is -0.144. The first-order chi connectivity index (χ1) is 5.91. The second-order valence-electron chi connectivity index (χ2n) is 4.10. The molecular formula is C9H20N2O2. The predicted molar refractivity (Wildman–Crippen MR) is 52.7 cm³/mol. The lowest BCUT2D eigenvalue weighted by Gasteiger charge is -2.30. The van der Waals surface area contributed by atoms with Crippen molar-refractivity contribution in [2.75, 3.05) is 20.8 Å². The third-order valence-electron chi connectivity index (χ3n) is 1.91. The van der Waals surface area contributed by atoms with Crippen molar-refractivity contribution >= 4 is 6.03 Å². The lowest BCUT2D eigenvalue weighted by molar-refractivity contribution is 0.117. The molecule has 78 valence electrons.